The number of carbonyl (C=O) groups excluding carboxylic acids is 1. The number of phenols is 1. The third-order valence-electron chi connectivity index (χ3n) is 3.69. The fourth-order valence-electron chi connectivity index (χ4n) is 2.34. The summed E-state index contributed by atoms with van der Waals surface area (Å²) in [7, 11) is 1.91. The Bertz CT molecular complexity index is 484. The van der Waals surface area contributed by atoms with Crippen molar-refractivity contribution in [2.75, 3.05) is 18.9 Å². The first-order chi connectivity index (χ1) is 8.90. The maximum Gasteiger partial charge on any atom is 0.229 e. The van der Waals surface area contributed by atoms with Gasteiger partial charge in [0.15, 0.2) is 5.82 Å². The molecule has 1 aliphatic rings. The van der Waals surface area contributed by atoms with Crippen molar-refractivity contribution in [2.45, 2.75) is 19.4 Å². The number of carbonyl (C=O) groups is 1. The van der Waals surface area contributed by atoms with Gasteiger partial charge in [0.1, 0.15) is 17.3 Å². The Balaban J connectivity index is 2.16. The second-order valence-electron chi connectivity index (χ2n) is 4.89. The van der Waals surface area contributed by atoms with Gasteiger partial charge in [-0.2, -0.15) is 0 Å². The lowest BCUT2D eigenvalue weighted by atomic mass is 10.0. The maximum atomic E-state index is 13.5. The van der Waals surface area contributed by atoms with Crippen LogP contribution in [0.25, 0.3) is 0 Å². The van der Waals surface area contributed by atoms with E-state index in [9.17, 15) is 18.7 Å². The van der Waals surface area contributed by atoms with Crippen molar-refractivity contribution in [3.63, 3.8) is 0 Å². The van der Waals surface area contributed by atoms with E-state index in [0.717, 1.165) is 12.6 Å². The summed E-state index contributed by atoms with van der Waals surface area (Å²) in [5.74, 6) is -3.11. The van der Waals surface area contributed by atoms with E-state index in [-0.39, 0.29) is 23.6 Å². The predicted molar refractivity (Wildman–Crippen MR) is 66.9 cm³/mol. The highest BCUT2D eigenvalue weighted by Gasteiger charge is 2.34. The van der Waals surface area contributed by atoms with Crippen molar-refractivity contribution in [3.8, 4) is 5.75 Å². The number of rotatable bonds is 2. The molecule has 1 amide bonds. The molecule has 1 fully saturated rings. The van der Waals surface area contributed by atoms with Gasteiger partial charge in [-0.3, -0.25) is 4.79 Å². The molecule has 2 N–H and O–H groups in total. The average molecular weight is 270 g/mol. The highest BCUT2D eigenvalue weighted by molar-refractivity contribution is 5.94. The number of nitrogens with one attached hydrogen (secondary N) is 1. The molecule has 0 aromatic heterocycles. The van der Waals surface area contributed by atoms with Crippen LogP contribution in [0.3, 0.4) is 0 Å². The molecule has 0 spiro atoms. The normalized spacial score (nSPS) is 23.6. The van der Waals surface area contributed by atoms with E-state index in [4.69, 9.17) is 0 Å². The SMILES string of the molecule is C[C@@H]1[C@H](C(=O)Nc2c(O)cc(F)cc2F)CCN1C. The van der Waals surface area contributed by atoms with Crippen molar-refractivity contribution in [1.29, 1.82) is 0 Å². The van der Waals surface area contributed by atoms with Crippen LogP contribution in [0.1, 0.15) is 13.3 Å². The van der Waals surface area contributed by atoms with Gasteiger partial charge < -0.3 is 15.3 Å². The summed E-state index contributed by atoms with van der Waals surface area (Å²) in [4.78, 5) is 14.1. The second-order valence-corrected chi connectivity index (χ2v) is 4.89. The Kier molecular flexibility index (Phi) is 3.71. The lowest BCUT2D eigenvalue weighted by molar-refractivity contribution is -0.120. The molecule has 0 unspecified atom stereocenters. The third kappa shape index (κ3) is 2.68. The van der Waals surface area contributed by atoms with Crippen molar-refractivity contribution < 1.29 is 18.7 Å². The molecule has 0 radical (unpaired) electrons. The summed E-state index contributed by atoms with van der Waals surface area (Å²) in [6.45, 7) is 2.70. The smallest absolute Gasteiger partial charge is 0.229 e. The van der Waals surface area contributed by atoms with E-state index in [1.807, 2.05) is 18.9 Å². The Morgan fingerprint density at radius 2 is 2.16 bits per heavy atom. The lowest BCUT2D eigenvalue weighted by Crippen LogP contribution is -2.33. The largest absolute Gasteiger partial charge is 0.506 e. The molecule has 0 bridgehead atoms. The van der Waals surface area contributed by atoms with Crippen LogP contribution in [-0.4, -0.2) is 35.5 Å². The van der Waals surface area contributed by atoms with E-state index in [2.05, 4.69) is 5.32 Å². The van der Waals surface area contributed by atoms with Crippen LogP contribution in [-0.2, 0) is 4.79 Å². The van der Waals surface area contributed by atoms with Crippen LogP contribution in [0.5, 0.6) is 5.75 Å². The first kappa shape index (κ1) is 13.7. The number of amides is 1. The van der Waals surface area contributed by atoms with Gasteiger partial charge in [-0.1, -0.05) is 0 Å². The van der Waals surface area contributed by atoms with Gasteiger partial charge in [-0.15, -0.1) is 0 Å². The van der Waals surface area contributed by atoms with Crippen LogP contribution in [0.2, 0.25) is 0 Å². The van der Waals surface area contributed by atoms with Gasteiger partial charge in [0.2, 0.25) is 5.91 Å². The zero-order valence-corrected chi connectivity index (χ0v) is 10.8. The van der Waals surface area contributed by atoms with Crippen LogP contribution in [0.15, 0.2) is 12.1 Å². The first-order valence-corrected chi connectivity index (χ1v) is 6.09. The predicted octanol–water partition coefficient (Wildman–Crippen LogP) is 1.95. The van der Waals surface area contributed by atoms with Crippen molar-refractivity contribution >= 4 is 11.6 Å². The lowest BCUT2D eigenvalue weighted by Gasteiger charge is -2.20. The van der Waals surface area contributed by atoms with Gasteiger partial charge >= 0.3 is 0 Å². The molecule has 1 aliphatic heterocycles. The van der Waals surface area contributed by atoms with E-state index >= 15 is 0 Å². The summed E-state index contributed by atoms with van der Waals surface area (Å²) in [6, 6.07) is 1.44. The van der Waals surface area contributed by atoms with Gasteiger partial charge in [0, 0.05) is 18.2 Å². The number of hydrogen-bond donors (Lipinski definition) is 2. The quantitative estimate of drug-likeness (QED) is 0.808. The fraction of sp³-hybridized carbons (Fsp3) is 0.462. The average Bonchev–Trinajstić information content (AvgIpc) is 2.64. The Labute approximate surface area is 110 Å². The summed E-state index contributed by atoms with van der Waals surface area (Å²) in [5.41, 5.74) is -0.367. The highest BCUT2D eigenvalue weighted by Crippen LogP contribution is 2.30. The van der Waals surface area contributed by atoms with E-state index in [0.29, 0.717) is 12.5 Å². The molecule has 1 heterocycles. The number of halogens is 2. The van der Waals surface area contributed by atoms with E-state index < -0.39 is 17.4 Å². The minimum atomic E-state index is -0.982. The zero-order chi connectivity index (χ0) is 14.2. The number of anilines is 1. The minimum Gasteiger partial charge on any atom is -0.506 e. The molecule has 0 saturated carbocycles. The van der Waals surface area contributed by atoms with Crippen LogP contribution in [0.4, 0.5) is 14.5 Å². The van der Waals surface area contributed by atoms with Crippen molar-refractivity contribution in [1.82, 2.24) is 4.90 Å². The Morgan fingerprint density at radius 1 is 1.47 bits per heavy atom. The molecular weight excluding hydrogens is 254 g/mol. The standard InChI is InChI=1S/C13H16F2N2O2/c1-7-9(3-4-17(7)2)13(19)16-12-10(15)5-8(14)6-11(12)18/h5-7,9,18H,3-4H2,1-2H3,(H,16,19)/t7-,9-/m1/s1. The number of nitrogens with zero attached hydrogens (tertiary/aromatic N) is 1. The Morgan fingerprint density at radius 3 is 2.68 bits per heavy atom. The molecule has 2 atom stereocenters. The molecule has 19 heavy (non-hydrogen) atoms. The van der Waals surface area contributed by atoms with Gasteiger partial charge in [-0.25, -0.2) is 8.78 Å². The molecule has 1 aromatic carbocycles. The summed E-state index contributed by atoms with van der Waals surface area (Å²) >= 11 is 0. The molecule has 1 aromatic rings. The number of likely N-dealkylation sites (tertiary alicyclic amines) is 1. The monoisotopic (exact) mass is 270 g/mol. The minimum absolute atomic E-state index is 0.0469. The summed E-state index contributed by atoms with van der Waals surface area (Å²) in [6.07, 6.45) is 0.674. The maximum absolute atomic E-state index is 13.5. The molecule has 2 rings (SSSR count). The third-order valence-corrected chi connectivity index (χ3v) is 3.69. The number of aromatic hydroxyl groups is 1. The Hall–Kier alpha value is -1.69. The van der Waals surface area contributed by atoms with E-state index in [1.165, 1.54) is 0 Å². The summed E-state index contributed by atoms with van der Waals surface area (Å²) in [5, 5.41) is 11.8. The van der Waals surface area contributed by atoms with E-state index in [1.54, 1.807) is 0 Å². The first-order valence-electron chi connectivity index (χ1n) is 6.09. The van der Waals surface area contributed by atoms with Gasteiger partial charge in [0.25, 0.3) is 0 Å². The number of benzene rings is 1. The molecule has 104 valence electrons. The van der Waals surface area contributed by atoms with Crippen molar-refractivity contribution in [3.05, 3.63) is 23.8 Å². The number of hydrogen-bond acceptors (Lipinski definition) is 3. The fourth-order valence-corrected chi connectivity index (χ4v) is 2.34. The molecule has 0 aliphatic carbocycles. The molecule has 1 saturated heterocycles. The molecule has 6 heteroatoms. The van der Waals surface area contributed by atoms with Crippen LogP contribution < -0.4 is 5.32 Å². The second kappa shape index (κ2) is 5.13. The topological polar surface area (TPSA) is 52.6 Å². The molecular formula is C13H16F2N2O2. The van der Waals surface area contributed by atoms with Gasteiger partial charge in [0.05, 0.1) is 5.92 Å². The van der Waals surface area contributed by atoms with Crippen molar-refractivity contribution in [2.24, 2.45) is 5.92 Å². The zero-order valence-electron chi connectivity index (χ0n) is 10.8. The van der Waals surface area contributed by atoms with Crippen LogP contribution in [0, 0.1) is 17.6 Å². The van der Waals surface area contributed by atoms with Crippen LogP contribution >= 0.6 is 0 Å². The van der Waals surface area contributed by atoms with Gasteiger partial charge in [-0.05, 0) is 26.9 Å². The molecule has 4 nitrogen and oxygen atoms in total. The highest BCUT2D eigenvalue weighted by atomic mass is 19.1. The summed E-state index contributed by atoms with van der Waals surface area (Å²) < 4.78 is 26.3. The number of phenolic OH excluding ortho intramolecular Hbond substituents is 1.